The third kappa shape index (κ3) is 14.6. The van der Waals surface area contributed by atoms with Gasteiger partial charge >= 0.3 is 5.97 Å². The molecule has 2 aliphatic rings. The summed E-state index contributed by atoms with van der Waals surface area (Å²) in [7, 11) is 0. The van der Waals surface area contributed by atoms with Crippen molar-refractivity contribution in [3.8, 4) is 0 Å². The summed E-state index contributed by atoms with van der Waals surface area (Å²) in [6, 6.07) is 0. The van der Waals surface area contributed by atoms with Crippen LogP contribution in [0.4, 0.5) is 0 Å². The van der Waals surface area contributed by atoms with Crippen LogP contribution in [0.15, 0.2) is 0 Å². The molecule has 14 nitrogen and oxygen atoms in total. The summed E-state index contributed by atoms with van der Waals surface area (Å²) in [5, 5.41) is 70.6. The third-order valence-electron chi connectivity index (χ3n) is 8.42. The number of unbranched alkanes of at least 4 members (excludes halogenated alkanes) is 12. The molecule has 0 aliphatic carbocycles. The normalized spacial score (nSPS) is 32.4. The molecule has 2 rings (SSSR count). The number of carbonyl (C=O) groups excluding carboxylic acids is 1. The standard InChI is InChI=1S/C32H60O14/c1-3-4-5-6-7-8-9-10-11-12-13-14-15-16-41-18-22(44-21(2)34)19-42-31-30(40)28(38)26(36)24(46-31)20-43-32-29(39)27(37)25(35)23(17-33)45-32/h22-33,35-40H,3-20H2,1-2H3. The zero-order valence-electron chi connectivity index (χ0n) is 27.6. The van der Waals surface area contributed by atoms with Gasteiger partial charge in [-0.1, -0.05) is 84.0 Å². The van der Waals surface area contributed by atoms with Crippen molar-refractivity contribution in [1.29, 1.82) is 0 Å². The minimum atomic E-state index is -1.69. The van der Waals surface area contributed by atoms with E-state index in [-0.39, 0.29) is 13.2 Å². The van der Waals surface area contributed by atoms with Crippen molar-refractivity contribution < 1.29 is 69.0 Å². The number of ether oxygens (including phenoxy) is 6. The molecule has 2 saturated heterocycles. The predicted molar refractivity (Wildman–Crippen MR) is 164 cm³/mol. The lowest BCUT2D eigenvalue weighted by atomic mass is 9.98. The second-order valence-corrected chi connectivity index (χ2v) is 12.4. The highest BCUT2D eigenvalue weighted by Crippen LogP contribution is 2.26. The van der Waals surface area contributed by atoms with E-state index in [1.807, 2.05) is 0 Å². The Kier molecular flexibility index (Phi) is 20.9. The Balaban J connectivity index is 1.69. The Morgan fingerprint density at radius 2 is 1.11 bits per heavy atom. The lowest BCUT2D eigenvalue weighted by Gasteiger charge is -2.42. The fraction of sp³-hybridized carbons (Fsp3) is 0.969. The summed E-state index contributed by atoms with van der Waals surface area (Å²) in [6.07, 6.45) is 0.0402. The smallest absolute Gasteiger partial charge is 0.303 e. The van der Waals surface area contributed by atoms with E-state index in [1.54, 1.807) is 0 Å². The Hall–Kier alpha value is -1.01. The molecule has 0 aromatic heterocycles. The van der Waals surface area contributed by atoms with Crippen LogP contribution < -0.4 is 0 Å². The molecule has 11 unspecified atom stereocenters. The molecule has 272 valence electrons. The van der Waals surface area contributed by atoms with Crippen LogP contribution in [0.5, 0.6) is 0 Å². The maximum atomic E-state index is 11.6. The Morgan fingerprint density at radius 1 is 0.630 bits per heavy atom. The Bertz CT molecular complexity index is 788. The maximum absolute atomic E-state index is 11.6. The maximum Gasteiger partial charge on any atom is 0.303 e. The molecule has 0 amide bonds. The number of hydrogen-bond donors (Lipinski definition) is 7. The van der Waals surface area contributed by atoms with E-state index in [1.165, 1.54) is 71.1 Å². The molecule has 2 heterocycles. The van der Waals surface area contributed by atoms with Crippen LogP contribution in [0, 0.1) is 0 Å². The topological polar surface area (TPSA) is 214 Å². The van der Waals surface area contributed by atoms with Crippen molar-refractivity contribution in [2.75, 3.05) is 33.0 Å². The van der Waals surface area contributed by atoms with E-state index < -0.39 is 86.7 Å². The van der Waals surface area contributed by atoms with Gasteiger partial charge in [0, 0.05) is 13.5 Å². The molecule has 0 radical (unpaired) electrons. The van der Waals surface area contributed by atoms with E-state index >= 15 is 0 Å². The number of aliphatic hydroxyl groups excluding tert-OH is 7. The molecule has 0 saturated carbocycles. The highest BCUT2D eigenvalue weighted by atomic mass is 16.7. The number of carbonyl (C=O) groups is 1. The van der Waals surface area contributed by atoms with Crippen molar-refractivity contribution in [2.24, 2.45) is 0 Å². The van der Waals surface area contributed by atoms with Gasteiger partial charge in [0.25, 0.3) is 0 Å². The van der Waals surface area contributed by atoms with Crippen LogP contribution in [0.2, 0.25) is 0 Å². The predicted octanol–water partition coefficient (Wildman–Crippen LogP) is 0.667. The first kappa shape index (κ1) is 41.2. The average Bonchev–Trinajstić information content (AvgIpc) is 3.03. The average molecular weight is 669 g/mol. The summed E-state index contributed by atoms with van der Waals surface area (Å²) < 4.78 is 32.9. The molecule has 0 spiro atoms. The van der Waals surface area contributed by atoms with Crippen molar-refractivity contribution in [3.63, 3.8) is 0 Å². The Labute approximate surface area is 272 Å². The first-order valence-electron chi connectivity index (χ1n) is 17.1. The monoisotopic (exact) mass is 668 g/mol. The third-order valence-corrected chi connectivity index (χ3v) is 8.42. The molecule has 7 N–H and O–H groups in total. The van der Waals surface area contributed by atoms with Gasteiger partial charge in [0.15, 0.2) is 12.6 Å². The first-order chi connectivity index (χ1) is 22.1. The van der Waals surface area contributed by atoms with E-state index in [9.17, 15) is 40.5 Å². The summed E-state index contributed by atoms with van der Waals surface area (Å²) >= 11 is 0. The van der Waals surface area contributed by atoms with E-state index in [2.05, 4.69) is 6.92 Å². The molecule has 14 heteroatoms. The second kappa shape index (κ2) is 23.4. The van der Waals surface area contributed by atoms with E-state index in [0.717, 1.165) is 19.3 Å². The summed E-state index contributed by atoms with van der Waals surface area (Å²) in [5.74, 6) is -0.551. The Morgan fingerprint density at radius 3 is 1.63 bits per heavy atom. The van der Waals surface area contributed by atoms with Crippen LogP contribution in [-0.2, 0) is 33.2 Å². The SMILES string of the molecule is CCCCCCCCCCCCCCCOCC(COC1OC(COC2OC(CO)C(O)C(O)C2O)C(O)C(O)C1O)OC(C)=O. The fourth-order valence-corrected chi connectivity index (χ4v) is 5.58. The van der Waals surface area contributed by atoms with Gasteiger partial charge in [-0.05, 0) is 6.42 Å². The van der Waals surface area contributed by atoms with Gasteiger partial charge in [-0.2, -0.15) is 0 Å². The van der Waals surface area contributed by atoms with Crippen LogP contribution in [0.1, 0.15) is 97.3 Å². The van der Waals surface area contributed by atoms with E-state index in [0.29, 0.717) is 6.61 Å². The minimum absolute atomic E-state index is 0.0511. The van der Waals surface area contributed by atoms with Crippen LogP contribution in [0.25, 0.3) is 0 Å². The van der Waals surface area contributed by atoms with Gasteiger partial charge < -0.3 is 64.2 Å². The fourth-order valence-electron chi connectivity index (χ4n) is 5.58. The van der Waals surface area contributed by atoms with E-state index in [4.69, 9.17) is 28.4 Å². The van der Waals surface area contributed by atoms with Gasteiger partial charge in [0.05, 0.1) is 26.4 Å². The van der Waals surface area contributed by atoms with Crippen molar-refractivity contribution in [2.45, 2.75) is 165 Å². The van der Waals surface area contributed by atoms with Gasteiger partial charge in [-0.25, -0.2) is 0 Å². The minimum Gasteiger partial charge on any atom is -0.458 e. The van der Waals surface area contributed by atoms with Crippen molar-refractivity contribution in [3.05, 3.63) is 0 Å². The summed E-state index contributed by atoms with van der Waals surface area (Å²) in [4.78, 5) is 11.6. The number of rotatable bonds is 24. The number of aliphatic hydroxyl groups is 7. The van der Waals surface area contributed by atoms with Gasteiger partial charge in [-0.15, -0.1) is 0 Å². The number of esters is 1. The summed E-state index contributed by atoms with van der Waals surface area (Å²) in [5.41, 5.74) is 0. The van der Waals surface area contributed by atoms with Gasteiger partial charge in [0.1, 0.15) is 54.9 Å². The highest BCUT2D eigenvalue weighted by molar-refractivity contribution is 5.66. The molecule has 0 aromatic rings. The van der Waals surface area contributed by atoms with Gasteiger partial charge in [-0.3, -0.25) is 4.79 Å². The zero-order valence-corrected chi connectivity index (χ0v) is 27.6. The largest absolute Gasteiger partial charge is 0.458 e. The lowest BCUT2D eigenvalue weighted by Crippen LogP contribution is -2.61. The molecule has 0 bridgehead atoms. The molecular formula is C32H60O14. The second-order valence-electron chi connectivity index (χ2n) is 12.4. The molecule has 46 heavy (non-hydrogen) atoms. The summed E-state index contributed by atoms with van der Waals surface area (Å²) in [6.45, 7) is 2.65. The molecule has 11 atom stereocenters. The van der Waals surface area contributed by atoms with Crippen LogP contribution >= 0.6 is 0 Å². The van der Waals surface area contributed by atoms with Crippen molar-refractivity contribution >= 4 is 5.97 Å². The molecule has 2 fully saturated rings. The van der Waals surface area contributed by atoms with Gasteiger partial charge in [0.2, 0.25) is 0 Å². The van der Waals surface area contributed by atoms with Crippen LogP contribution in [-0.4, -0.2) is 142 Å². The quantitative estimate of drug-likeness (QED) is 0.0556. The molecule has 2 aliphatic heterocycles. The molecular weight excluding hydrogens is 608 g/mol. The number of hydrogen-bond acceptors (Lipinski definition) is 14. The van der Waals surface area contributed by atoms with Crippen molar-refractivity contribution in [1.82, 2.24) is 0 Å². The first-order valence-corrected chi connectivity index (χ1v) is 17.1. The lowest BCUT2D eigenvalue weighted by molar-refractivity contribution is -0.332. The molecule has 0 aromatic carbocycles. The zero-order chi connectivity index (χ0) is 33.9. The highest BCUT2D eigenvalue weighted by Gasteiger charge is 2.47. The van der Waals surface area contributed by atoms with Crippen LogP contribution in [0.3, 0.4) is 0 Å².